The lowest BCUT2D eigenvalue weighted by atomic mass is 9.42. The van der Waals surface area contributed by atoms with Gasteiger partial charge in [0.1, 0.15) is 0 Å². The summed E-state index contributed by atoms with van der Waals surface area (Å²) in [4.78, 5) is 12.3. The van der Waals surface area contributed by atoms with Crippen molar-refractivity contribution in [2.45, 2.75) is 122 Å². The minimum Gasteiger partial charge on any atom is -0.469 e. The molecule has 6 heteroatoms. The van der Waals surface area contributed by atoms with Gasteiger partial charge in [0.15, 0.2) is 12.6 Å². The second kappa shape index (κ2) is 9.50. The molecule has 6 rings (SSSR count). The molecule has 6 fully saturated rings. The van der Waals surface area contributed by atoms with Gasteiger partial charge in [0.05, 0.1) is 25.2 Å². The molecule has 0 aromatic heterocycles. The van der Waals surface area contributed by atoms with Gasteiger partial charge in [-0.05, 0) is 106 Å². The highest BCUT2D eigenvalue weighted by atomic mass is 16.7. The molecule has 2 aliphatic heterocycles. The highest BCUT2D eigenvalue weighted by molar-refractivity contribution is 5.69. The number of carbonyl (C=O) groups is 1. The minimum atomic E-state index is -0.311. The van der Waals surface area contributed by atoms with E-state index in [-0.39, 0.29) is 35.5 Å². The maximum Gasteiger partial charge on any atom is 0.305 e. The molecule has 6 aliphatic rings. The Morgan fingerprint density at radius 3 is 2.50 bits per heavy atom. The van der Waals surface area contributed by atoms with Crippen LogP contribution in [0.1, 0.15) is 97.3 Å². The molecule has 2 bridgehead atoms. The first-order valence-corrected chi connectivity index (χ1v) is 14.9. The van der Waals surface area contributed by atoms with E-state index < -0.39 is 0 Å². The number of fused-ring (bicyclic) bond motifs is 3. The zero-order chi connectivity index (χ0) is 25.1. The van der Waals surface area contributed by atoms with Gasteiger partial charge in [0.2, 0.25) is 0 Å². The van der Waals surface area contributed by atoms with Gasteiger partial charge in [-0.15, -0.1) is 0 Å². The molecular formula is C30H48O6. The molecule has 6 nitrogen and oxygen atoms in total. The zero-order valence-corrected chi connectivity index (χ0v) is 23.0. The van der Waals surface area contributed by atoms with Crippen LogP contribution in [0.2, 0.25) is 0 Å². The minimum absolute atomic E-state index is 0.0219. The zero-order valence-electron chi connectivity index (χ0n) is 23.0. The summed E-state index contributed by atoms with van der Waals surface area (Å²) in [7, 11) is 3.24. The van der Waals surface area contributed by atoms with Crippen LogP contribution in [-0.2, 0) is 28.5 Å². The van der Waals surface area contributed by atoms with Gasteiger partial charge in [-0.25, -0.2) is 0 Å². The smallest absolute Gasteiger partial charge is 0.305 e. The summed E-state index contributed by atoms with van der Waals surface area (Å²) in [5.74, 6) is 2.41. The van der Waals surface area contributed by atoms with Gasteiger partial charge >= 0.3 is 5.97 Å². The molecule has 2 saturated heterocycles. The van der Waals surface area contributed by atoms with E-state index in [9.17, 15) is 4.79 Å². The third kappa shape index (κ3) is 3.75. The molecule has 0 aromatic carbocycles. The number of carbonyl (C=O) groups excluding carboxylic acids is 1. The largest absolute Gasteiger partial charge is 0.469 e. The van der Waals surface area contributed by atoms with Crippen LogP contribution < -0.4 is 0 Å². The predicted octanol–water partition coefficient (Wildman–Crippen LogP) is 5.86. The molecule has 0 N–H and O–H groups in total. The van der Waals surface area contributed by atoms with Crippen LogP contribution in [0.3, 0.4) is 0 Å². The maximum absolute atomic E-state index is 12.3. The fraction of sp³-hybridized carbons (Fsp3) is 0.967. The van der Waals surface area contributed by atoms with Gasteiger partial charge in [-0.1, -0.05) is 13.8 Å². The number of hydrogen-bond acceptors (Lipinski definition) is 6. The lowest BCUT2D eigenvalue weighted by Crippen LogP contribution is -2.67. The molecule has 0 amide bonds. The summed E-state index contributed by atoms with van der Waals surface area (Å²) in [6.45, 7) is 5.94. The Hall–Kier alpha value is -0.690. The van der Waals surface area contributed by atoms with Crippen LogP contribution in [-0.4, -0.2) is 51.1 Å². The standard InChI is InChI=1S/C30H48O6/c1-28-13-10-20(35-26-7-5-6-16-34-26)17-19(28)8-9-24-23(28)11-14-29(2)22-12-15-30(24,29)36-27(33-4)21(22)18-25(31)32-3/h19-24,26-27H,5-18H2,1-4H3. The summed E-state index contributed by atoms with van der Waals surface area (Å²) < 4.78 is 30.6. The molecule has 11 atom stereocenters. The van der Waals surface area contributed by atoms with Gasteiger partial charge in [-0.2, -0.15) is 0 Å². The van der Waals surface area contributed by atoms with Crippen LogP contribution >= 0.6 is 0 Å². The first-order chi connectivity index (χ1) is 17.3. The molecule has 4 saturated carbocycles. The van der Waals surface area contributed by atoms with E-state index in [1.165, 1.54) is 58.5 Å². The number of methoxy groups -OCH3 is 2. The van der Waals surface area contributed by atoms with E-state index in [1.807, 2.05) is 0 Å². The van der Waals surface area contributed by atoms with Crippen molar-refractivity contribution in [2.75, 3.05) is 20.8 Å². The van der Waals surface area contributed by atoms with Gasteiger partial charge in [0.25, 0.3) is 0 Å². The van der Waals surface area contributed by atoms with Gasteiger partial charge in [0, 0.05) is 25.0 Å². The third-order valence-corrected chi connectivity index (χ3v) is 12.4. The van der Waals surface area contributed by atoms with Crippen molar-refractivity contribution >= 4 is 5.97 Å². The van der Waals surface area contributed by atoms with E-state index in [4.69, 9.17) is 23.7 Å². The lowest BCUT2D eigenvalue weighted by Gasteiger charge is -2.67. The van der Waals surface area contributed by atoms with E-state index in [2.05, 4.69) is 13.8 Å². The Morgan fingerprint density at radius 2 is 1.75 bits per heavy atom. The van der Waals surface area contributed by atoms with Crippen LogP contribution in [0.25, 0.3) is 0 Å². The quantitative estimate of drug-likeness (QED) is 0.345. The predicted molar refractivity (Wildman–Crippen MR) is 135 cm³/mol. The Bertz CT molecular complexity index is 826. The Morgan fingerprint density at radius 1 is 0.917 bits per heavy atom. The molecule has 204 valence electrons. The second-order valence-electron chi connectivity index (χ2n) is 13.5. The Kier molecular flexibility index (Phi) is 6.75. The average Bonchev–Trinajstić information content (AvgIpc) is 3.08. The maximum atomic E-state index is 12.3. The molecular weight excluding hydrogens is 456 g/mol. The van der Waals surface area contributed by atoms with Gasteiger partial charge in [-0.3, -0.25) is 4.79 Å². The molecule has 11 unspecified atom stereocenters. The van der Waals surface area contributed by atoms with E-state index in [1.54, 1.807) is 7.11 Å². The van der Waals surface area contributed by atoms with Crippen LogP contribution in [0, 0.1) is 40.4 Å². The number of rotatable bonds is 5. The normalized spacial score (nSPS) is 52.1. The first-order valence-electron chi connectivity index (χ1n) is 14.9. The SMILES string of the molecule is COC(=O)CC1C(OC)OC23CCC1C2(C)CCC1C3CCC2CC(OC3CCCCO3)CCC21C. The fourth-order valence-electron chi connectivity index (χ4n) is 10.5. The Balaban J connectivity index is 1.21. The van der Waals surface area contributed by atoms with Crippen LogP contribution in [0.15, 0.2) is 0 Å². The number of ether oxygens (including phenoxy) is 5. The van der Waals surface area contributed by atoms with E-state index in [0.29, 0.717) is 35.7 Å². The molecule has 2 heterocycles. The summed E-state index contributed by atoms with van der Waals surface area (Å²) in [6.07, 6.45) is 14.8. The van der Waals surface area contributed by atoms with Crippen LogP contribution in [0.5, 0.6) is 0 Å². The molecule has 0 aromatic rings. The number of esters is 1. The second-order valence-corrected chi connectivity index (χ2v) is 13.5. The summed E-state index contributed by atoms with van der Waals surface area (Å²) >= 11 is 0. The first kappa shape index (κ1) is 25.6. The molecule has 4 aliphatic carbocycles. The molecule has 36 heavy (non-hydrogen) atoms. The topological polar surface area (TPSA) is 63.2 Å². The monoisotopic (exact) mass is 504 g/mol. The Labute approximate surface area is 217 Å². The average molecular weight is 505 g/mol. The molecule has 0 spiro atoms. The number of hydrogen-bond donors (Lipinski definition) is 0. The van der Waals surface area contributed by atoms with Crippen molar-refractivity contribution < 1.29 is 28.5 Å². The summed E-state index contributed by atoms with van der Waals surface area (Å²) in [5.41, 5.74) is 0.355. The summed E-state index contributed by atoms with van der Waals surface area (Å²) in [5, 5.41) is 0. The fourth-order valence-corrected chi connectivity index (χ4v) is 10.5. The third-order valence-electron chi connectivity index (χ3n) is 12.4. The molecule has 0 radical (unpaired) electrons. The van der Waals surface area contributed by atoms with Crippen molar-refractivity contribution in [3.05, 3.63) is 0 Å². The van der Waals surface area contributed by atoms with E-state index in [0.717, 1.165) is 38.2 Å². The highest BCUT2D eigenvalue weighted by Crippen LogP contribution is 2.73. The summed E-state index contributed by atoms with van der Waals surface area (Å²) in [6, 6.07) is 0. The van der Waals surface area contributed by atoms with Crippen molar-refractivity contribution in [2.24, 2.45) is 40.4 Å². The van der Waals surface area contributed by atoms with Crippen molar-refractivity contribution in [1.82, 2.24) is 0 Å². The van der Waals surface area contributed by atoms with Crippen molar-refractivity contribution in [3.8, 4) is 0 Å². The highest BCUT2D eigenvalue weighted by Gasteiger charge is 2.72. The van der Waals surface area contributed by atoms with Crippen molar-refractivity contribution in [3.63, 3.8) is 0 Å². The van der Waals surface area contributed by atoms with Gasteiger partial charge < -0.3 is 23.7 Å². The van der Waals surface area contributed by atoms with E-state index >= 15 is 0 Å². The van der Waals surface area contributed by atoms with Crippen molar-refractivity contribution in [1.29, 1.82) is 0 Å². The lowest BCUT2D eigenvalue weighted by molar-refractivity contribution is -0.338. The van der Waals surface area contributed by atoms with Crippen LogP contribution in [0.4, 0.5) is 0 Å².